The summed E-state index contributed by atoms with van der Waals surface area (Å²) >= 11 is 0. The maximum absolute atomic E-state index is 4.38. The van der Waals surface area contributed by atoms with Crippen molar-refractivity contribution in [3.8, 4) is 0 Å². The Balaban J connectivity index is 1.85. The van der Waals surface area contributed by atoms with E-state index in [4.69, 9.17) is 0 Å². The largest absolute Gasteiger partial charge is 0.361 e. The summed E-state index contributed by atoms with van der Waals surface area (Å²) in [6.45, 7) is 2.33. The van der Waals surface area contributed by atoms with Gasteiger partial charge in [0, 0.05) is 35.9 Å². The zero-order valence-corrected chi connectivity index (χ0v) is 12.3. The van der Waals surface area contributed by atoms with Gasteiger partial charge in [-0.25, -0.2) is 0 Å². The van der Waals surface area contributed by atoms with Gasteiger partial charge in [-0.2, -0.15) is 5.10 Å². The zero-order chi connectivity index (χ0) is 14.2. The van der Waals surface area contributed by atoms with E-state index in [9.17, 15) is 0 Å². The molecule has 1 fully saturated rings. The van der Waals surface area contributed by atoms with Crippen LogP contribution in [0.15, 0.2) is 42.9 Å². The van der Waals surface area contributed by atoms with Gasteiger partial charge in [-0.05, 0) is 37.6 Å². The molecule has 4 rings (SSSR count). The van der Waals surface area contributed by atoms with Gasteiger partial charge in [-0.3, -0.25) is 9.58 Å². The molecular weight excluding hydrogens is 260 g/mol. The van der Waals surface area contributed by atoms with Crippen LogP contribution in [0.5, 0.6) is 0 Å². The molecule has 1 saturated heterocycles. The van der Waals surface area contributed by atoms with E-state index in [1.807, 2.05) is 17.9 Å². The lowest BCUT2D eigenvalue weighted by Crippen LogP contribution is -2.26. The van der Waals surface area contributed by atoms with Crippen molar-refractivity contribution in [2.75, 3.05) is 13.1 Å². The maximum Gasteiger partial charge on any atom is 0.0654 e. The molecule has 1 aliphatic heterocycles. The highest BCUT2D eigenvalue weighted by Crippen LogP contribution is 2.35. The van der Waals surface area contributed by atoms with Crippen LogP contribution in [0, 0.1) is 0 Å². The zero-order valence-electron chi connectivity index (χ0n) is 12.3. The predicted octanol–water partition coefficient (Wildman–Crippen LogP) is 3.09. The molecule has 0 amide bonds. The van der Waals surface area contributed by atoms with Crippen molar-refractivity contribution < 1.29 is 0 Å². The highest BCUT2D eigenvalue weighted by atomic mass is 15.3. The van der Waals surface area contributed by atoms with Gasteiger partial charge in [0.15, 0.2) is 0 Å². The molecular formula is C17H20N4. The quantitative estimate of drug-likeness (QED) is 0.800. The number of fused-ring (bicyclic) bond motifs is 1. The second kappa shape index (κ2) is 5.04. The molecule has 3 aromatic rings. The topological polar surface area (TPSA) is 36.9 Å². The second-order valence-electron chi connectivity index (χ2n) is 5.88. The molecule has 1 aromatic carbocycles. The predicted molar refractivity (Wildman–Crippen MR) is 84.2 cm³/mol. The number of hydrogen-bond acceptors (Lipinski definition) is 2. The molecule has 0 spiro atoms. The van der Waals surface area contributed by atoms with Crippen molar-refractivity contribution in [1.29, 1.82) is 0 Å². The van der Waals surface area contributed by atoms with Crippen molar-refractivity contribution in [1.82, 2.24) is 19.7 Å². The van der Waals surface area contributed by atoms with Crippen molar-refractivity contribution in [2.24, 2.45) is 7.05 Å². The molecule has 108 valence electrons. The van der Waals surface area contributed by atoms with Crippen LogP contribution in [0.2, 0.25) is 0 Å². The first-order chi connectivity index (χ1) is 10.3. The number of para-hydroxylation sites is 1. The molecule has 4 nitrogen and oxygen atoms in total. The summed E-state index contributed by atoms with van der Waals surface area (Å²) in [4.78, 5) is 5.99. The van der Waals surface area contributed by atoms with Crippen LogP contribution >= 0.6 is 0 Å². The van der Waals surface area contributed by atoms with E-state index in [-0.39, 0.29) is 0 Å². The number of H-pyrrole nitrogens is 1. The molecule has 21 heavy (non-hydrogen) atoms. The van der Waals surface area contributed by atoms with Crippen LogP contribution in [-0.2, 0) is 7.05 Å². The van der Waals surface area contributed by atoms with Crippen LogP contribution in [0.1, 0.15) is 30.0 Å². The van der Waals surface area contributed by atoms with E-state index in [1.165, 1.54) is 48.0 Å². The standard InChI is InChI=1S/C17H20N4/c1-20-12-13(10-19-20)17(21-8-4-5-9-21)15-11-18-16-7-3-2-6-14(15)16/h2-3,6-7,10-12,17-18H,4-5,8-9H2,1H3. The smallest absolute Gasteiger partial charge is 0.0654 e. The van der Waals surface area contributed by atoms with Gasteiger partial charge >= 0.3 is 0 Å². The van der Waals surface area contributed by atoms with E-state index in [0.29, 0.717) is 6.04 Å². The number of nitrogens with zero attached hydrogens (tertiary/aromatic N) is 3. The second-order valence-corrected chi connectivity index (χ2v) is 5.88. The van der Waals surface area contributed by atoms with Crippen LogP contribution < -0.4 is 0 Å². The summed E-state index contributed by atoms with van der Waals surface area (Å²) in [6, 6.07) is 8.85. The fourth-order valence-electron chi connectivity index (χ4n) is 3.49. The monoisotopic (exact) mass is 280 g/mol. The number of rotatable bonds is 3. The van der Waals surface area contributed by atoms with E-state index >= 15 is 0 Å². The Morgan fingerprint density at radius 1 is 1.19 bits per heavy atom. The minimum Gasteiger partial charge on any atom is -0.361 e. The fourth-order valence-corrected chi connectivity index (χ4v) is 3.49. The maximum atomic E-state index is 4.38. The Morgan fingerprint density at radius 2 is 2.00 bits per heavy atom. The number of nitrogens with one attached hydrogen (secondary N) is 1. The molecule has 0 bridgehead atoms. The van der Waals surface area contributed by atoms with Crippen molar-refractivity contribution in [3.63, 3.8) is 0 Å². The number of aromatic amines is 1. The first kappa shape index (κ1) is 12.7. The molecule has 0 aliphatic carbocycles. The summed E-state index contributed by atoms with van der Waals surface area (Å²) in [5.41, 5.74) is 3.85. The number of aromatic nitrogens is 3. The number of hydrogen-bond donors (Lipinski definition) is 1. The van der Waals surface area contributed by atoms with Gasteiger partial charge in [0.2, 0.25) is 0 Å². The normalized spacial score (nSPS) is 17.6. The van der Waals surface area contributed by atoms with Crippen molar-refractivity contribution in [2.45, 2.75) is 18.9 Å². The lowest BCUT2D eigenvalue weighted by atomic mass is 9.99. The first-order valence-electron chi connectivity index (χ1n) is 7.61. The van der Waals surface area contributed by atoms with Crippen LogP contribution in [0.3, 0.4) is 0 Å². The van der Waals surface area contributed by atoms with E-state index in [1.54, 1.807) is 0 Å². The van der Waals surface area contributed by atoms with Gasteiger partial charge in [-0.1, -0.05) is 18.2 Å². The average molecular weight is 280 g/mol. The molecule has 1 aliphatic rings. The van der Waals surface area contributed by atoms with Crippen molar-refractivity contribution in [3.05, 3.63) is 54.0 Å². The SMILES string of the molecule is Cn1cc(C(c2c[nH]c3ccccc23)N2CCCC2)cn1. The molecule has 3 heterocycles. The Morgan fingerprint density at radius 3 is 2.76 bits per heavy atom. The van der Waals surface area contributed by atoms with Crippen LogP contribution in [0.25, 0.3) is 10.9 Å². The lowest BCUT2D eigenvalue weighted by molar-refractivity contribution is 0.282. The molecule has 1 atom stereocenters. The third-order valence-electron chi connectivity index (χ3n) is 4.46. The Bertz CT molecular complexity index is 749. The Labute approximate surface area is 124 Å². The van der Waals surface area contributed by atoms with E-state index in [2.05, 4.69) is 51.6 Å². The van der Waals surface area contributed by atoms with E-state index in [0.717, 1.165) is 0 Å². The highest BCUT2D eigenvalue weighted by molar-refractivity contribution is 5.84. The molecule has 0 saturated carbocycles. The van der Waals surface area contributed by atoms with E-state index < -0.39 is 0 Å². The molecule has 1 N–H and O–H groups in total. The lowest BCUT2D eigenvalue weighted by Gasteiger charge is -2.26. The summed E-state index contributed by atoms with van der Waals surface area (Å²) in [5, 5.41) is 5.70. The van der Waals surface area contributed by atoms with Crippen LogP contribution in [-0.4, -0.2) is 32.8 Å². The average Bonchev–Trinajstić information content (AvgIpc) is 3.22. The van der Waals surface area contributed by atoms with Gasteiger partial charge < -0.3 is 4.98 Å². The third-order valence-corrected chi connectivity index (χ3v) is 4.46. The fraction of sp³-hybridized carbons (Fsp3) is 0.353. The van der Waals surface area contributed by atoms with Crippen LogP contribution in [0.4, 0.5) is 0 Å². The van der Waals surface area contributed by atoms with Crippen molar-refractivity contribution >= 4 is 10.9 Å². The number of likely N-dealkylation sites (tertiary alicyclic amines) is 1. The minimum absolute atomic E-state index is 0.303. The third kappa shape index (κ3) is 2.16. The highest BCUT2D eigenvalue weighted by Gasteiger charge is 2.27. The number of benzene rings is 1. The van der Waals surface area contributed by atoms with Gasteiger partial charge in [0.1, 0.15) is 0 Å². The summed E-state index contributed by atoms with van der Waals surface area (Å²) in [6.07, 6.45) is 8.90. The summed E-state index contributed by atoms with van der Waals surface area (Å²) in [7, 11) is 1.99. The molecule has 1 unspecified atom stereocenters. The first-order valence-corrected chi connectivity index (χ1v) is 7.61. The molecule has 2 aromatic heterocycles. The molecule has 0 radical (unpaired) electrons. The van der Waals surface area contributed by atoms with Gasteiger partial charge in [0.05, 0.1) is 12.2 Å². The summed E-state index contributed by atoms with van der Waals surface area (Å²) < 4.78 is 1.90. The van der Waals surface area contributed by atoms with Gasteiger partial charge in [-0.15, -0.1) is 0 Å². The summed E-state index contributed by atoms with van der Waals surface area (Å²) in [5.74, 6) is 0. The molecule has 4 heteroatoms. The minimum atomic E-state index is 0.303. The van der Waals surface area contributed by atoms with Gasteiger partial charge in [0.25, 0.3) is 0 Å². The Kier molecular flexibility index (Phi) is 3.04. The Hall–Kier alpha value is -2.07. The number of aryl methyl sites for hydroxylation is 1.